The molecule has 4 aliphatic rings. The summed E-state index contributed by atoms with van der Waals surface area (Å²) >= 11 is 0. The predicted octanol–water partition coefficient (Wildman–Crippen LogP) is 4.16. The zero-order valence-electron chi connectivity index (χ0n) is 12.8. The molecule has 0 heterocycles. The maximum atomic E-state index is 12.6. The van der Waals surface area contributed by atoms with Crippen molar-refractivity contribution in [2.45, 2.75) is 44.4 Å². The van der Waals surface area contributed by atoms with E-state index in [1.165, 1.54) is 38.5 Å². The van der Waals surface area contributed by atoms with Gasteiger partial charge in [0.05, 0.1) is 13.0 Å². The van der Waals surface area contributed by atoms with E-state index in [1.807, 2.05) is 18.2 Å². The number of hydrogen-bond acceptors (Lipinski definition) is 2. The lowest BCUT2D eigenvalue weighted by molar-refractivity contribution is -0.153. The van der Waals surface area contributed by atoms with Gasteiger partial charge in [0.15, 0.2) is 0 Å². The quantitative estimate of drug-likeness (QED) is 0.779. The molecule has 1 aromatic carbocycles. The second-order valence-electron chi connectivity index (χ2n) is 7.65. The van der Waals surface area contributed by atoms with Crippen LogP contribution in [0.5, 0.6) is 0 Å². The SMILES string of the molecule is COC(=O)C(c1ccccc1)C12CC3CC(CC(C3)C1)C2. The molecule has 4 saturated carbocycles. The molecule has 0 aliphatic heterocycles. The molecule has 0 spiro atoms. The van der Waals surface area contributed by atoms with Crippen LogP contribution >= 0.6 is 0 Å². The highest BCUT2D eigenvalue weighted by Crippen LogP contribution is 2.64. The van der Waals surface area contributed by atoms with E-state index in [2.05, 4.69) is 12.1 Å². The molecule has 5 rings (SSSR count). The molecular formula is C19H24O2. The number of carbonyl (C=O) groups excluding carboxylic acids is 1. The Kier molecular flexibility index (Phi) is 3.09. The summed E-state index contributed by atoms with van der Waals surface area (Å²) in [7, 11) is 1.54. The molecule has 2 nitrogen and oxygen atoms in total. The summed E-state index contributed by atoms with van der Waals surface area (Å²) in [6.45, 7) is 0. The minimum absolute atomic E-state index is 0.0249. The summed E-state index contributed by atoms with van der Waals surface area (Å²) < 4.78 is 5.22. The third kappa shape index (κ3) is 2.11. The fourth-order valence-electron chi connectivity index (χ4n) is 6.03. The molecule has 112 valence electrons. The highest BCUT2D eigenvalue weighted by atomic mass is 16.5. The van der Waals surface area contributed by atoms with Gasteiger partial charge in [0.2, 0.25) is 0 Å². The molecule has 0 aromatic heterocycles. The van der Waals surface area contributed by atoms with Crippen molar-refractivity contribution in [2.24, 2.45) is 23.2 Å². The molecule has 21 heavy (non-hydrogen) atoms. The number of methoxy groups -OCH3 is 1. The zero-order valence-corrected chi connectivity index (χ0v) is 12.8. The predicted molar refractivity (Wildman–Crippen MR) is 81.8 cm³/mol. The average molecular weight is 284 g/mol. The smallest absolute Gasteiger partial charge is 0.313 e. The van der Waals surface area contributed by atoms with Gasteiger partial charge in [0.1, 0.15) is 0 Å². The minimum Gasteiger partial charge on any atom is -0.469 e. The van der Waals surface area contributed by atoms with Gasteiger partial charge in [-0.25, -0.2) is 0 Å². The fraction of sp³-hybridized carbons (Fsp3) is 0.632. The van der Waals surface area contributed by atoms with Crippen LogP contribution in [0.25, 0.3) is 0 Å². The van der Waals surface area contributed by atoms with Crippen molar-refractivity contribution in [3.8, 4) is 0 Å². The van der Waals surface area contributed by atoms with Gasteiger partial charge in [0.25, 0.3) is 0 Å². The summed E-state index contributed by atoms with van der Waals surface area (Å²) in [6.07, 6.45) is 7.90. The maximum absolute atomic E-state index is 12.6. The van der Waals surface area contributed by atoms with Crippen LogP contribution in [0.2, 0.25) is 0 Å². The van der Waals surface area contributed by atoms with Gasteiger partial charge in [-0.3, -0.25) is 4.79 Å². The van der Waals surface area contributed by atoms with Gasteiger partial charge < -0.3 is 4.74 Å². The van der Waals surface area contributed by atoms with Gasteiger partial charge in [-0.1, -0.05) is 30.3 Å². The second kappa shape index (κ2) is 4.86. The van der Waals surface area contributed by atoms with Crippen LogP contribution in [0, 0.1) is 23.2 Å². The number of hydrogen-bond donors (Lipinski definition) is 0. The molecule has 1 aromatic rings. The van der Waals surface area contributed by atoms with Crippen molar-refractivity contribution < 1.29 is 9.53 Å². The van der Waals surface area contributed by atoms with Crippen molar-refractivity contribution in [3.63, 3.8) is 0 Å². The minimum atomic E-state index is -0.0582. The number of rotatable bonds is 3. The number of benzene rings is 1. The molecule has 0 amide bonds. The van der Waals surface area contributed by atoms with Crippen molar-refractivity contribution in [2.75, 3.05) is 7.11 Å². The molecule has 1 atom stereocenters. The molecular weight excluding hydrogens is 260 g/mol. The van der Waals surface area contributed by atoms with Gasteiger partial charge >= 0.3 is 5.97 Å². The molecule has 0 radical (unpaired) electrons. The Labute approximate surface area is 126 Å². The zero-order chi connectivity index (χ0) is 14.4. The van der Waals surface area contributed by atoms with E-state index in [-0.39, 0.29) is 17.3 Å². The Bertz CT molecular complexity index is 498. The van der Waals surface area contributed by atoms with E-state index in [0.717, 1.165) is 23.3 Å². The van der Waals surface area contributed by atoms with Crippen molar-refractivity contribution >= 4 is 5.97 Å². The monoisotopic (exact) mass is 284 g/mol. The van der Waals surface area contributed by atoms with Crippen molar-refractivity contribution in [3.05, 3.63) is 35.9 Å². The van der Waals surface area contributed by atoms with Crippen LogP contribution in [0.4, 0.5) is 0 Å². The number of esters is 1. The third-order valence-corrected chi connectivity index (χ3v) is 6.27. The fourth-order valence-corrected chi connectivity index (χ4v) is 6.03. The van der Waals surface area contributed by atoms with Gasteiger partial charge in [-0.2, -0.15) is 0 Å². The van der Waals surface area contributed by atoms with Gasteiger partial charge in [-0.15, -0.1) is 0 Å². The van der Waals surface area contributed by atoms with Crippen LogP contribution in [-0.4, -0.2) is 13.1 Å². The second-order valence-corrected chi connectivity index (χ2v) is 7.65. The lowest BCUT2D eigenvalue weighted by Gasteiger charge is -2.58. The van der Waals surface area contributed by atoms with E-state index in [0.29, 0.717) is 0 Å². The molecule has 0 N–H and O–H groups in total. The summed E-state index contributed by atoms with van der Waals surface area (Å²) in [5, 5.41) is 0. The van der Waals surface area contributed by atoms with Gasteiger partial charge in [-0.05, 0) is 67.3 Å². The Hall–Kier alpha value is -1.31. The van der Waals surface area contributed by atoms with Crippen LogP contribution < -0.4 is 0 Å². The van der Waals surface area contributed by atoms with Crippen LogP contribution in [0.3, 0.4) is 0 Å². The Balaban J connectivity index is 1.75. The molecule has 0 saturated heterocycles. The molecule has 1 unspecified atom stereocenters. The van der Waals surface area contributed by atoms with Crippen LogP contribution in [-0.2, 0) is 9.53 Å². The van der Waals surface area contributed by atoms with Gasteiger partial charge in [0, 0.05) is 0 Å². The van der Waals surface area contributed by atoms with E-state index in [9.17, 15) is 4.79 Å². The summed E-state index contributed by atoms with van der Waals surface area (Å²) in [5.41, 5.74) is 1.33. The van der Waals surface area contributed by atoms with Crippen LogP contribution in [0.1, 0.15) is 50.0 Å². The first-order chi connectivity index (χ1) is 10.2. The summed E-state index contributed by atoms with van der Waals surface area (Å²) in [4.78, 5) is 12.6. The van der Waals surface area contributed by atoms with E-state index in [4.69, 9.17) is 4.74 Å². The Morgan fingerprint density at radius 3 is 2.05 bits per heavy atom. The first kappa shape index (κ1) is 13.4. The Morgan fingerprint density at radius 2 is 1.57 bits per heavy atom. The van der Waals surface area contributed by atoms with E-state index in [1.54, 1.807) is 7.11 Å². The topological polar surface area (TPSA) is 26.3 Å². The normalized spacial score (nSPS) is 38.2. The highest BCUT2D eigenvalue weighted by molar-refractivity contribution is 5.79. The Morgan fingerprint density at radius 1 is 1.05 bits per heavy atom. The molecule has 4 aliphatic carbocycles. The number of ether oxygens (including phenoxy) is 1. The van der Waals surface area contributed by atoms with Crippen molar-refractivity contribution in [1.82, 2.24) is 0 Å². The molecule has 4 bridgehead atoms. The largest absolute Gasteiger partial charge is 0.469 e. The van der Waals surface area contributed by atoms with Crippen LogP contribution in [0.15, 0.2) is 30.3 Å². The number of carbonyl (C=O) groups is 1. The average Bonchev–Trinajstić information content (AvgIpc) is 2.46. The highest BCUT2D eigenvalue weighted by Gasteiger charge is 2.56. The van der Waals surface area contributed by atoms with E-state index >= 15 is 0 Å². The van der Waals surface area contributed by atoms with Crippen molar-refractivity contribution in [1.29, 1.82) is 0 Å². The standard InChI is InChI=1S/C19H24O2/c1-21-18(20)17(16-5-3-2-4-6-16)19-10-13-7-14(11-19)9-15(8-13)12-19/h2-6,13-15,17H,7-12H2,1H3. The third-order valence-electron chi connectivity index (χ3n) is 6.27. The lowest BCUT2D eigenvalue weighted by Crippen LogP contribution is -2.50. The first-order valence-corrected chi connectivity index (χ1v) is 8.33. The maximum Gasteiger partial charge on any atom is 0.313 e. The van der Waals surface area contributed by atoms with E-state index < -0.39 is 0 Å². The lowest BCUT2D eigenvalue weighted by atomic mass is 9.46. The summed E-state index contributed by atoms with van der Waals surface area (Å²) in [6, 6.07) is 10.3. The molecule has 4 fully saturated rings. The first-order valence-electron chi connectivity index (χ1n) is 8.33. The molecule has 2 heteroatoms. The summed E-state index contributed by atoms with van der Waals surface area (Å²) in [5.74, 6) is 2.48.